The molecule has 0 radical (unpaired) electrons. The summed E-state index contributed by atoms with van der Waals surface area (Å²) in [5.41, 5.74) is -0.116. The summed E-state index contributed by atoms with van der Waals surface area (Å²) in [5.74, 6) is -1.10. The van der Waals surface area contributed by atoms with Gasteiger partial charge >= 0.3 is 5.97 Å². The first-order valence-electron chi connectivity index (χ1n) is 12.6. The van der Waals surface area contributed by atoms with Crippen LogP contribution in [0.1, 0.15) is 15.9 Å². The van der Waals surface area contributed by atoms with Gasteiger partial charge in [-0.1, -0.05) is 12.1 Å². The molecule has 13 nitrogen and oxygen atoms in total. The minimum absolute atomic E-state index is 0.0118. The summed E-state index contributed by atoms with van der Waals surface area (Å²) in [7, 11) is -15.2. The molecular formula is C28H26N2O11S4. The molecule has 45 heavy (non-hydrogen) atoms. The fraction of sp³-hybridized carbons (Fsp3) is 0.107. The molecule has 0 heterocycles. The molecule has 4 aromatic rings. The smallest absolute Gasteiger partial charge is 0.337 e. The molecule has 17 heteroatoms. The predicted octanol–water partition coefficient (Wildman–Crippen LogP) is 3.26. The number of nitrogens with one attached hydrogen (secondary N) is 2. The van der Waals surface area contributed by atoms with E-state index < -0.39 is 51.3 Å². The Bertz CT molecular complexity index is 2180. The van der Waals surface area contributed by atoms with E-state index >= 15 is 0 Å². The fourth-order valence-electron chi connectivity index (χ4n) is 3.86. The van der Waals surface area contributed by atoms with Crippen LogP contribution in [0.5, 0.6) is 11.5 Å². The van der Waals surface area contributed by atoms with Gasteiger partial charge in [0, 0.05) is 19.1 Å². The van der Waals surface area contributed by atoms with Crippen molar-refractivity contribution in [3.8, 4) is 11.5 Å². The largest absolute Gasteiger partial charge is 0.478 e. The Morgan fingerprint density at radius 1 is 0.622 bits per heavy atom. The van der Waals surface area contributed by atoms with Crippen LogP contribution in [0.15, 0.2) is 111 Å². The van der Waals surface area contributed by atoms with Crippen molar-refractivity contribution < 1.29 is 48.3 Å². The lowest BCUT2D eigenvalue weighted by Crippen LogP contribution is -2.23. The highest BCUT2D eigenvalue weighted by Gasteiger charge is 2.21. The second-order valence-electron chi connectivity index (χ2n) is 9.68. The predicted molar refractivity (Wildman–Crippen MR) is 164 cm³/mol. The van der Waals surface area contributed by atoms with Gasteiger partial charge in [-0.05, 0) is 84.4 Å². The van der Waals surface area contributed by atoms with Crippen LogP contribution in [0, 0.1) is 0 Å². The highest BCUT2D eigenvalue weighted by molar-refractivity contribution is 7.93. The zero-order chi connectivity index (χ0) is 33.2. The standard InChI is InChI=1S/C28H26N2O11S4/c1-42(33,34)22-8-12-24(13-9-22)44(37,38)29-18-19-3-5-20(6-4-19)41-21-7-16-27(26(17-21)28(31)32)30-45(39,40)25-14-10-23(11-15-25)43(2,35)36/h3-17,29-30H,18H2,1-2H3,(H,31,32). The Balaban J connectivity index is 1.44. The van der Waals surface area contributed by atoms with Gasteiger partial charge in [0.2, 0.25) is 10.0 Å². The molecular weight excluding hydrogens is 669 g/mol. The highest BCUT2D eigenvalue weighted by Crippen LogP contribution is 2.29. The first-order valence-corrected chi connectivity index (χ1v) is 19.4. The van der Waals surface area contributed by atoms with Crippen LogP contribution in [-0.2, 0) is 46.3 Å². The zero-order valence-corrected chi connectivity index (χ0v) is 26.8. The van der Waals surface area contributed by atoms with Gasteiger partial charge in [0.25, 0.3) is 10.0 Å². The first-order chi connectivity index (χ1) is 20.8. The lowest BCUT2D eigenvalue weighted by Gasteiger charge is -2.13. The first kappa shape index (κ1) is 33.6. The van der Waals surface area contributed by atoms with Gasteiger partial charge in [0.05, 0.1) is 30.8 Å². The van der Waals surface area contributed by atoms with Crippen LogP contribution >= 0.6 is 0 Å². The lowest BCUT2D eigenvalue weighted by molar-refractivity contribution is 0.0697. The number of hydrogen-bond donors (Lipinski definition) is 3. The molecule has 4 aromatic carbocycles. The van der Waals surface area contributed by atoms with Crippen LogP contribution < -0.4 is 14.2 Å². The molecule has 0 aromatic heterocycles. The van der Waals surface area contributed by atoms with Gasteiger partial charge in [-0.25, -0.2) is 43.2 Å². The summed E-state index contributed by atoms with van der Waals surface area (Å²) in [6.07, 6.45) is 1.99. The Hall–Kier alpha value is -4.29. The average Bonchev–Trinajstić information content (AvgIpc) is 2.96. The molecule has 0 aliphatic heterocycles. The molecule has 0 spiro atoms. The van der Waals surface area contributed by atoms with E-state index in [1.165, 1.54) is 48.5 Å². The van der Waals surface area contributed by atoms with Crippen LogP contribution in [0.2, 0.25) is 0 Å². The molecule has 0 unspecified atom stereocenters. The van der Waals surface area contributed by atoms with Crippen molar-refractivity contribution in [2.24, 2.45) is 0 Å². The second kappa shape index (κ2) is 12.6. The number of anilines is 1. The number of hydrogen-bond acceptors (Lipinski definition) is 10. The monoisotopic (exact) mass is 694 g/mol. The summed E-state index contributed by atoms with van der Waals surface area (Å²) < 4.78 is 108. The number of sulfonamides is 2. The third kappa shape index (κ3) is 8.46. The van der Waals surface area contributed by atoms with Crippen molar-refractivity contribution in [3.05, 3.63) is 102 Å². The van der Waals surface area contributed by atoms with Crippen molar-refractivity contribution in [1.29, 1.82) is 0 Å². The molecule has 0 saturated carbocycles. The van der Waals surface area contributed by atoms with E-state index in [1.807, 2.05) is 0 Å². The minimum Gasteiger partial charge on any atom is -0.478 e. The van der Waals surface area contributed by atoms with Gasteiger partial charge in [-0.2, -0.15) is 0 Å². The Morgan fingerprint density at radius 3 is 1.53 bits per heavy atom. The van der Waals surface area contributed by atoms with Crippen molar-refractivity contribution in [2.75, 3.05) is 17.2 Å². The van der Waals surface area contributed by atoms with Gasteiger partial charge in [0.15, 0.2) is 19.7 Å². The number of sulfone groups is 2. The third-order valence-electron chi connectivity index (χ3n) is 6.22. The molecule has 3 N–H and O–H groups in total. The van der Waals surface area contributed by atoms with E-state index in [-0.39, 0.29) is 43.3 Å². The number of ether oxygens (including phenoxy) is 1. The van der Waals surface area contributed by atoms with E-state index in [4.69, 9.17) is 4.74 Å². The minimum atomic E-state index is -4.27. The number of carboxylic acid groups (broad SMARTS) is 1. The molecule has 4 rings (SSSR count). The van der Waals surface area contributed by atoms with E-state index in [2.05, 4.69) is 9.44 Å². The maximum absolute atomic E-state index is 12.8. The number of carbonyl (C=O) groups is 1. The molecule has 238 valence electrons. The fourth-order valence-corrected chi connectivity index (χ4v) is 7.22. The van der Waals surface area contributed by atoms with Crippen molar-refractivity contribution >= 4 is 51.4 Å². The molecule has 0 bridgehead atoms. The number of benzene rings is 4. The lowest BCUT2D eigenvalue weighted by atomic mass is 10.1. The summed E-state index contributed by atoms with van der Waals surface area (Å²) >= 11 is 0. The van der Waals surface area contributed by atoms with Gasteiger partial charge in [-0.3, -0.25) is 4.72 Å². The van der Waals surface area contributed by atoms with Gasteiger partial charge in [-0.15, -0.1) is 0 Å². The molecule has 0 atom stereocenters. The van der Waals surface area contributed by atoms with Gasteiger partial charge in [0.1, 0.15) is 11.5 Å². The van der Waals surface area contributed by atoms with Crippen LogP contribution in [0.4, 0.5) is 5.69 Å². The second-order valence-corrected chi connectivity index (χ2v) is 17.2. The zero-order valence-electron chi connectivity index (χ0n) is 23.5. The van der Waals surface area contributed by atoms with Gasteiger partial charge < -0.3 is 9.84 Å². The van der Waals surface area contributed by atoms with E-state index in [0.29, 0.717) is 5.56 Å². The highest BCUT2D eigenvalue weighted by atomic mass is 32.2. The van der Waals surface area contributed by atoms with Crippen molar-refractivity contribution in [2.45, 2.75) is 26.1 Å². The summed E-state index contributed by atoms with van der Waals surface area (Å²) in [4.78, 5) is 11.4. The van der Waals surface area contributed by atoms with E-state index in [0.717, 1.165) is 42.8 Å². The Morgan fingerprint density at radius 2 is 1.07 bits per heavy atom. The maximum Gasteiger partial charge on any atom is 0.337 e. The summed E-state index contributed by atoms with van der Waals surface area (Å²) in [6.45, 7) is -0.0918. The molecule has 0 saturated heterocycles. The Labute approximate surface area is 260 Å². The number of aromatic carboxylic acids is 1. The molecule has 0 amide bonds. The van der Waals surface area contributed by atoms with E-state index in [9.17, 15) is 43.6 Å². The number of rotatable bonds is 12. The average molecular weight is 695 g/mol. The van der Waals surface area contributed by atoms with Crippen LogP contribution in [0.3, 0.4) is 0 Å². The number of carboxylic acids is 1. The maximum atomic E-state index is 12.8. The summed E-state index contributed by atoms with van der Waals surface area (Å²) in [6, 6.07) is 19.0. The summed E-state index contributed by atoms with van der Waals surface area (Å²) in [5, 5.41) is 9.70. The van der Waals surface area contributed by atoms with Crippen LogP contribution in [0.25, 0.3) is 0 Å². The van der Waals surface area contributed by atoms with Crippen LogP contribution in [-0.4, -0.2) is 57.3 Å². The normalized spacial score (nSPS) is 12.4. The SMILES string of the molecule is CS(=O)(=O)c1ccc(S(=O)(=O)NCc2ccc(Oc3ccc(NS(=O)(=O)c4ccc(S(C)(=O)=O)cc4)c(C(=O)O)c3)cc2)cc1. The molecule has 0 fully saturated rings. The Kier molecular flexibility index (Phi) is 9.41. The topological polar surface area (TPSA) is 207 Å². The van der Waals surface area contributed by atoms with E-state index in [1.54, 1.807) is 12.1 Å². The third-order valence-corrected chi connectivity index (χ3v) is 11.3. The molecule has 0 aliphatic rings. The quantitative estimate of drug-likeness (QED) is 0.196. The van der Waals surface area contributed by atoms with Crippen molar-refractivity contribution in [1.82, 2.24) is 4.72 Å². The van der Waals surface area contributed by atoms with Crippen molar-refractivity contribution in [3.63, 3.8) is 0 Å². The molecule has 0 aliphatic carbocycles.